The molecule has 1 aromatic carbocycles. The monoisotopic (exact) mass is 548 g/mol. The van der Waals surface area contributed by atoms with Gasteiger partial charge in [-0.05, 0) is 55.5 Å². The number of carbonyl (C=O) groups excluding carboxylic acids is 4. The minimum Gasteiger partial charge on any atom is -0.341 e. The van der Waals surface area contributed by atoms with Gasteiger partial charge in [-0.3, -0.25) is 19.3 Å². The molecule has 0 radical (unpaired) electrons. The molecule has 1 N–H and O–H groups in total. The highest BCUT2D eigenvalue weighted by Crippen LogP contribution is 2.38. The highest BCUT2D eigenvalue weighted by Gasteiger charge is 2.57. The van der Waals surface area contributed by atoms with Gasteiger partial charge in [0.2, 0.25) is 5.91 Å². The number of aromatic nitrogens is 2. The van der Waals surface area contributed by atoms with Crippen molar-refractivity contribution in [3.63, 3.8) is 0 Å². The Hall–Kier alpha value is -4.28. The summed E-state index contributed by atoms with van der Waals surface area (Å²) < 4.78 is 16.2. The number of fused-ring (bicyclic) bond motifs is 1. The van der Waals surface area contributed by atoms with Crippen LogP contribution in [0.15, 0.2) is 48.9 Å². The summed E-state index contributed by atoms with van der Waals surface area (Å²) in [5.41, 5.74) is 1.14. The van der Waals surface area contributed by atoms with Crippen molar-refractivity contribution in [3.8, 4) is 0 Å². The average molecular weight is 549 g/mol. The van der Waals surface area contributed by atoms with E-state index in [1.165, 1.54) is 19.2 Å². The Morgan fingerprint density at radius 2 is 1.82 bits per heavy atom. The normalized spacial score (nSPS) is 17.8. The van der Waals surface area contributed by atoms with Crippen LogP contribution < -0.4 is 5.32 Å². The first-order valence-corrected chi connectivity index (χ1v) is 13.4. The number of hydrogen-bond donors (Lipinski definition) is 1. The average Bonchev–Trinajstić information content (AvgIpc) is 3.47. The van der Waals surface area contributed by atoms with Gasteiger partial charge in [-0.15, -0.1) is 0 Å². The fourth-order valence-electron chi connectivity index (χ4n) is 5.65. The van der Waals surface area contributed by atoms with Gasteiger partial charge in [0.15, 0.2) is 0 Å². The molecule has 2 fully saturated rings. The summed E-state index contributed by atoms with van der Waals surface area (Å²) in [7, 11) is 1.48. The second-order valence-electron chi connectivity index (χ2n) is 11.0. The maximum absolute atomic E-state index is 14.3. The first-order chi connectivity index (χ1) is 19.0. The Labute approximate surface area is 231 Å². The molecule has 3 aromatic rings. The molecule has 0 saturated carbocycles. The molecular weight excluding hydrogens is 515 g/mol. The van der Waals surface area contributed by atoms with Crippen LogP contribution in [0.5, 0.6) is 0 Å². The zero-order valence-electron chi connectivity index (χ0n) is 23.1. The van der Waals surface area contributed by atoms with Gasteiger partial charge >= 0.3 is 6.03 Å². The number of hydrogen-bond acceptors (Lipinski definition) is 5. The number of nitrogens with one attached hydrogen (secondary N) is 1. The molecule has 2 aliphatic rings. The smallest absolute Gasteiger partial charge is 0.327 e. The summed E-state index contributed by atoms with van der Waals surface area (Å²) in [5.74, 6) is -2.14. The van der Waals surface area contributed by atoms with E-state index in [2.05, 4.69) is 10.3 Å². The van der Waals surface area contributed by atoms with Crippen molar-refractivity contribution >= 4 is 29.4 Å². The van der Waals surface area contributed by atoms with Crippen molar-refractivity contribution in [2.24, 2.45) is 5.92 Å². The number of carbonyl (C=O) groups is 4. The number of likely N-dealkylation sites (tertiary alicyclic amines) is 1. The van der Waals surface area contributed by atoms with Gasteiger partial charge in [0.1, 0.15) is 23.0 Å². The summed E-state index contributed by atoms with van der Waals surface area (Å²) >= 11 is 0. The number of urea groups is 1. The van der Waals surface area contributed by atoms with E-state index in [9.17, 15) is 23.6 Å². The summed E-state index contributed by atoms with van der Waals surface area (Å²) in [6, 6.07) is 6.79. The molecule has 40 heavy (non-hydrogen) atoms. The van der Waals surface area contributed by atoms with Gasteiger partial charge in [0.25, 0.3) is 11.8 Å². The van der Waals surface area contributed by atoms with E-state index >= 15 is 0 Å². The van der Waals surface area contributed by atoms with Crippen molar-refractivity contribution in [2.45, 2.75) is 51.7 Å². The minimum atomic E-state index is -1.06. The van der Waals surface area contributed by atoms with Gasteiger partial charge in [-0.25, -0.2) is 14.2 Å². The largest absolute Gasteiger partial charge is 0.341 e. The van der Waals surface area contributed by atoms with E-state index in [4.69, 9.17) is 0 Å². The molecule has 210 valence electrons. The first-order valence-electron chi connectivity index (χ1n) is 13.4. The van der Waals surface area contributed by atoms with E-state index in [0.29, 0.717) is 0 Å². The van der Waals surface area contributed by atoms with Gasteiger partial charge in [-0.1, -0.05) is 25.5 Å². The molecule has 0 bridgehead atoms. The number of amides is 5. The second kappa shape index (κ2) is 10.4. The quantitative estimate of drug-likeness (QED) is 0.477. The topological polar surface area (TPSA) is 107 Å². The zero-order valence-corrected chi connectivity index (χ0v) is 23.1. The van der Waals surface area contributed by atoms with Crippen molar-refractivity contribution in [1.82, 2.24) is 29.4 Å². The molecular formula is C29H33FN6O4. The van der Waals surface area contributed by atoms with E-state index < -0.39 is 23.3 Å². The Morgan fingerprint density at radius 3 is 2.52 bits per heavy atom. The summed E-state index contributed by atoms with van der Waals surface area (Å²) in [5, 5.41) is 2.72. The molecule has 0 unspecified atom stereocenters. The van der Waals surface area contributed by atoms with Crippen LogP contribution in [-0.2, 0) is 16.1 Å². The van der Waals surface area contributed by atoms with E-state index in [-0.39, 0.29) is 61.8 Å². The van der Waals surface area contributed by atoms with Crippen LogP contribution in [0.2, 0.25) is 0 Å². The van der Waals surface area contributed by atoms with Crippen LogP contribution in [0, 0.1) is 18.7 Å². The molecule has 11 heteroatoms. The van der Waals surface area contributed by atoms with Crippen molar-refractivity contribution in [1.29, 1.82) is 0 Å². The summed E-state index contributed by atoms with van der Waals surface area (Å²) in [4.78, 5) is 61.7. The number of halogens is 1. The van der Waals surface area contributed by atoms with Crippen LogP contribution in [0.1, 0.15) is 48.2 Å². The van der Waals surface area contributed by atoms with Crippen molar-refractivity contribution < 1.29 is 23.6 Å². The van der Waals surface area contributed by atoms with E-state index in [1.54, 1.807) is 29.0 Å². The molecule has 4 heterocycles. The number of aryl methyl sites for hydroxylation is 1. The maximum Gasteiger partial charge on any atom is 0.327 e. The number of imide groups is 1. The Kier molecular flexibility index (Phi) is 7.07. The molecule has 5 rings (SSSR count). The zero-order chi connectivity index (χ0) is 28.8. The number of benzene rings is 1. The standard InChI is InChI=1S/C29H33FN6O4/c1-18(2)24(32-25(37)21-15-19(3)5-6-22(21)30)26(38)35-12-8-29(9-13-35)27(39)33(4)28(40)36(29)17-20-7-11-34-14-10-31-23(34)16-20/h5-7,10-11,14-16,18,24H,8-9,12-13,17H2,1-4H3,(H,32,37)/t24-/m1/s1. The summed E-state index contributed by atoms with van der Waals surface area (Å²) in [6.45, 7) is 6.09. The van der Waals surface area contributed by atoms with E-state index in [1.807, 2.05) is 42.8 Å². The number of nitrogens with zero attached hydrogens (tertiary/aromatic N) is 5. The lowest BCUT2D eigenvalue weighted by atomic mass is 9.85. The summed E-state index contributed by atoms with van der Waals surface area (Å²) in [6.07, 6.45) is 5.92. The van der Waals surface area contributed by atoms with Crippen molar-refractivity contribution in [3.05, 3.63) is 71.4 Å². The SMILES string of the molecule is Cc1ccc(F)c(C(=O)N[C@@H](C(=O)N2CCC3(CC2)C(=O)N(C)C(=O)N3Cc2ccn3ccnc3c2)C(C)C)c1. The molecule has 10 nitrogen and oxygen atoms in total. The van der Waals surface area contributed by atoms with Crippen LogP contribution in [0.25, 0.3) is 5.65 Å². The predicted octanol–water partition coefficient (Wildman–Crippen LogP) is 2.99. The molecule has 0 aliphatic carbocycles. The van der Waals surface area contributed by atoms with Gasteiger partial charge in [0, 0.05) is 45.3 Å². The second-order valence-corrected chi connectivity index (χ2v) is 11.0. The third kappa shape index (κ3) is 4.69. The third-order valence-electron chi connectivity index (χ3n) is 8.03. The first kappa shape index (κ1) is 27.3. The Morgan fingerprint density at radius 1 is 1.10 bits per heavy atom. The van der Waals surface area contributed by atoms with Gasteiger partial charge in [-0.2, -0.15) is 0 Å². The molecule has 1 spiro atoms. The number of rotatable bonds is 6. The van der Waals surface area contributed by atoms with Gasteiger partial charge in [0.05, 0.1) is 5.56 Å². The van der Waals surface area contributed by atoms with E-state index in [0.717, 1.165) is 21.7 Å². The van der Waals surface area contributed by atoms with Crippen LogP contribution in [0.4, 0.5) is 9.18 Å². The Bertz CT molecular complexity index is 1490. The Balaban J connectivity index is 1.32. The van der Waals surface area contributed by atoms with Crippen LogP contribution in [-0.4, -0.2) is 79.6 Å². The highest BCUT2D eigenvalue weighted by molar-refractivity contribution is 6.07. The lowest BCUT2D eigenvalue weighted by molar-refractivity contribution is -0.142. The lowest BCUT2D eigenvalue weighted by Crippen LogP contribution is -2.60. The molecule has 1 atom stereocenters. The lowest BCUT2D eigenvalue weighted by Gasteiger charge is -2.43. The van der Waals surface area contributed by atoms with Crippen LogP contribution in [0.3, 0.4) is 0 Å². The molecule has 2 saturated heterocycles. The van der Waals surface area contributed by atoms with Crippen LogP contribution >= 0.6 is 0 Å². The fourth-order valence-corrected chi connectivity index (χ4v) is 5.65. The number of likely N-dealkylation sites (N-methyl/N-ethyl adjacent to an activating group) is 1. The maximum atomic E-state index is 14.3. The number of imidazole rings is 1. The van der Waals surface area contributed by atoms with Crippen molar-refractivity contribution in [2.75, 3.05) is 20.1 Å². The minimum absolute atomic E-state index is 0.113. The van der Waals surface area contributed by atoms with Gasteiger partial charge < -0.3 is 19.5 Å². The third-order valence-corrected chi connectivity index (χ3v) is 8.03. The molecule has 5 amide bonds. The molecule has 2 aliphatic heterocycles. The number of pyridine rings is 1. The predicted molar refractivity (Wildman–Crippen MR) is 145 cm³/mol. The molecule has 2 aromatic heterocycles. The number of piperidine rings is 1. The fraction of sp³-hybridized carbons (Fsp3) is 0.414. The highest BCUT2D eigenvalue weighted by atomic mass is 19.1.